The normalized spacial score (nSPS) is 10.2. The van der Waals surface area contributed by atoms with Crippen LogP contribution >= 0.6 is 0 Å². The summed E-state index contributed by atoms with van der Waals surface area (Å²) in [5.41, 5.74) is 1.21. The Hall–Kier alpha value is -2.11. The SMILES string of the molecule is CNc1nccc(NCCc2cnn(C)c2)n1. The lowest BCUT2D eigenvalue weighted by atomic mass is 10.2. The van der Waals surface area contributed by atoms with Gasteiger partial charge in [0.1, 0.15) is 5.82 Å². The molecule has 6 nitrogen and oxygen atoms in total. The quantitative estimate of drug-likeness (QED) is 0.802. The van der Waals surface area contributed by atoms with Crippen LogP contribution in [0.5, 0.6) is 0 Å². The van der Waals surface area contributed by atoms with Gasteiger partial charge >= 0.3 is 0 Å². The van der Waals surface area contributed by atoms with Crippen LogP contribution in [0.25, 0.3) is 0 Å². The molecule has 90 valence electrons. The topological polar surface area (TPSA) is 67.7 Å². The molecule has 17 heavy (non-hydrogen) atoms. The van der Waals surface area contributed by atoms with Gasteiger partial charge in [0, 0.05) is 33.0 Å². The van der Waals surface area contributed by atoms with Crippen molar-refractivity contribution in [1.82, 2.24) is 19.7 Å². The highest BCUT2D eigenvalue weighted by atomic mass is 15.2. The monoisotopic (exact) mass is 232 g/mol. The van der Waals surface area contributed by atoms with Crippen molar-refractivity contribution >= 4 is 11.8 Å². The molecule has 0 saturated carbocycles. The van der Waals surface area contributed by atoms with Gasteiger partial charge in [0.2, 0.25) is 5.95 Å². The van der Waals surface area contributed by atoms with Gasteiger partial charge in [-0.15, -0.1) is 0 Å². The molecule has 2 aromatic rings. The Kier molecular flexibility index (Phi) is 3.54. The molecule has 0 amide bonds. The summed E-state index contributed by atoms with van der Waals surface area (Å²) in [4.78, 5) is 8.33. The minimum absolute atomic E-state index is 0.622. The highest BCUT2D eigenvalue weighted by Crippen LogP contribution is 2.05. The first-order valence-electron chi connectivity index (χ1n) is 5.50. The molecule has 0 atom stereocenters. The average Bonchev–Trinajstić information content (AvgIpc) is 2.75. The molecule has 0 radical (unpaired) electrons. The second-order valence-electron chi connectivity index (χ2n) is 3.71. The lowest BCUT2D eigenvalue weighted by Crippen LogP contribution is -2.07. The number of anilines is 2. The van der Waals surface area contributed by atoms with E-state index < -0.39 is 0 Å². The first-order valence-corrected chi connectivity index (χ1v) is 5.50. The maximum Gasteiger partial charge on any atom is 0.224 e. The van der Waals surface area contributed by atoms with Gasteiger partial charge in [-0.1, -0.05) is 0 Å². The molecule has 2 rings (SSSR count). The van der Waals surface area contributed by atoms with E-state index in [1.165, 1.54) is 5.56 Å². The number of rotatable bonds is 5. The fraction of sp³-hybridized carbons (Fsp3) is 0.364. The van der Waals surface area contributed by atoms with Gasteiger partial charge in [0.25, 0.3) is 0 Å². The van der Waals surface area contributed by atoms with Crippen LogP contribution in [0.4, 0.5) is 11.8 Å². The van der Waals surface area contributed by atoms with Crippen LogP contribution in [-0.4, -0.2) is 33.3 Å². The molecule has 0 fully saturated rings. The molecule has 0 spiro atoms. The van der Waals surface area contributed by atoms with E-state index in [4.69, 9.17) is 0 Å². The van der Waals surface area contributed by atoms with Crippen molar-refractivity contribution in [3.8, 4) is 0 Å². The van der Waals surface area contributed by atoms with E-state index >= 15 is 0 Å². The summed E-state index contributed by atoms with van der Waals surface area (Å²) in [7, 11) is 3.72. The summed E-state index contributed by atoms with van der Waals surface area (Å²) in [5.74, 6) is 1.45. The zero-order valence-corrected chi connectivity index (χ0v) is 10.0. The Labute approximate surface area is 100 Å². The molecule has 0 aliphatic carbocycles. The first-order chi connectivity index (χ1) is 8.28. The second kappa shape index (κ2) is 5.29. The minimum atomic E-state index is 0.622. The van der Waals surface area contributed by atoms with Crippen LogP contribution < -0.4 is 10.6 Å². The molecule has 2 N–H and O–H groups in total. The molecule has 0 unspecified atom stereocenters. The Bertz CT molecular complexity index is 478. The average molecular weight is 232 g/mol. The van der Waals surface area contributed by atoms with Crippen LogP contribution in [0, 0.1) is 0 Å². The van der Waals surface area contributed by atoms with Crippen molar-refractivity contribution in [3.63, 3.8) is 0 Å². The summed E-state index contributed by atoms with van der Waals surface area (Å²) in [6.07, 6.45) is 6.54. The third-order valence-corrected chi connectivity index (χ3v) is 2.36. The first kappa shape index (κ1) is 11.4. The van der Waals surface area contributed by atoms with E-state index in [0.717, 1.165) is 18.8 Å². The lowest BCUT2D eigenvalue weighted by Gasteiger charge is -2.05. The molecule has 2 aromatic heterocycles. The van der Waals surface area contributed by atoms with Crippen LogP contribution in [0.2, 0.25) is 0 Å². The Morgan fingerprint density at radius 1 is 1.41 bits per heavy atom. The highest BCUT2D eigenvalue weighted by Gasteiger charge is 1.98. The zero-order valence-electron chi connectivity index (χ0n) is 10.0. The predicted octanol–water partition coefficient (Wildman–Crippen LogP) is 0.906. The van der Waals surface area contributed by atoms with Crippen LogP contribution in [0.3, 0.4) is 0 Å². The summed E-state index contributed by atoms with van der Waals surface area (Å²) in [6, 6.07) is 1.85. The van der Waals surface area contributed by atoms with Crippen LogP contribution in [0.15, 0.2) is 24.7 Å². The molecule has 0 bridgehead atoms. The molecule has 0 aliphatic heterocycles. The second-order valence-corrected chi connectivity index (χ2v) is 3.71. The van der Waals surface area contributed by atoms with Gasteiger partial charge in [-0.3, -0.25) is 4.68 Å². The van der Waals surface area contributed by atoms with Gasteiger partial charge in [-0.25, -0.2) is 4.98 Å². The molecule has 6 heteroatoms. The van der Waals surface area contributed by atoms with Crippen molar-refractivity contribution in [1.29, 1.82) is 0 Å². The fourth-order valence-corrected chi connectivity index (χ4v) is 1.51. The number of hydrogen-bond acceptors (Lipinski definition) is 5. The van der Waals surface area contributed by atoms with Crippen LogP contribution in [0.1, 0.15) is 5.56 Å². The molecular formula is C11H16N6. The summed E-state index contributed by atoms with van der Waals surface area (Å²) in [6.45, 7) is 0.825. The van der Waals surface area contributed by atoms with Gasteiger partial charge in [0.15, 0.2) is 0 Å². The maximum absolute atomic E-state index is 4.27. The third kappa shape index (κ3) is 3.17. The molecule has 2 heterocycles. The van der Waals surface area contributed by atoms with E-state index in [9.17, 15) is 0 Å². The van der Waals surface area contributed by atoms with E-state index in [-0.39, 0.29) is 0 Å². The fourth-order valence-electron chi connectivity index (χ4n) is 1.51. The smallest absolute Gasteiger partial charge is 0.224 e. The Morgan fingerprint density at radius 2 is 2.29 bits per heavy atom. The molecule has 0 aromatic carbocycles. The number of nitrogens with zero attached hydrogens (tertiary/aromatic N) is 4. The van der Waals surface area contributed by atoms with E-state index in [0.29, 0.717) is 5.95 Å². The van der Waals surface area contributed by atoms with E-state index in [2.05, 4.69) is 25.7 Å². The van der Waals surface area contributed by atoms with Crippen molar-refractivity contribution in [2.75, 3.05) is 24.2 Å². The summed E-state index contributed by atoms with van der Waals surface area (Å²) >= 11 is 0. The molecule has 0 aliphatic rings. The molecule has 0 saturated heterocycles. The number of aryl methyl sites for hydroxylation is 1. The third-order valence-electron chi connectivity index (χ3n) is 2.36. The van der Waals surface area contributed by atoms with Crippen molar-refractivity contribution in [2.24, 2.45) is 7.05 Å². The number of aromatic nitrogens is 4. The minimum Gasteiger partial charge on any atom is -0.370 e. The van der Waals surface area contributed by atoms with Crippen LogP contribution in [-0.2, 0) is 13.5 Å². The van der Waals surface area contributed by atoms with E-state index in [1.54, 1.807) is 17.9 Å². The van der Waals surface area contributed by atoms with Crippen molar-refractivity contribution in [3.05, 3.63) is 30.2 Å². The standard InChI is InChI=1S/C11H16N6/c1-12-11-14-6-4-10(16-11)13-5-3-9-7-15-17(2)8-9/h4,6-8H,3,5H2,1-2H3,(H2,12,13,14,16). The zero-order chi connectivity index (χ0) is 12.1. The Morgan fingerprint density at radius 3 is 3.00 bits per heavy atom. The Balaban J connectivity index is 1.85. The van der Waals surface area contributed by atoms with Gasteiger partial charge in [-0.2, -0.15) is 10.1 Å². The van der Waals surface area contributed by atoms with Gasteiger partial charge < -0.3 is 10.6 Å². The van der Waals surface area contributed by atoms with Crippen molar-refractivity contribution < 1.29 is 0 Å². The maximum atomic E-state index is 4.27. The highest BCUT2D eigenvalue weighted by molar-refractivity contribution is 5.39. The number of nitrogens with one attached hydrogen (secondary N) is 2. The molecular weight excluding hydrogens is 216 g/mol. The number of hydrogen-bond donors (Lipinski definition) is 2. The predicted molar refractivity (Wildman–Crippen MR) is 67.0 cm³/mol. The lowest BCUT2D eigenvalue weighted by molar-refractivity contribution is 0.767. The van der Waals surface area contributed by atoms with Crippen molar-refractivity contribution in [2.45, 2.75) is 6.42 Å². The van der Waals surface area contributed by atoms with Gasteiger partial charge in [-0.05, 0) is 18.1 Å². The summed E-state index contributed by atoms with van der Waals surface area (Å²) in [5, 5.41) is 10.3. The summed E-state index contributed by atoms with van der Waals surface area (Å²) < 4.78 is 1.80. The van der Waals surface area contributed by atoms with Gasteiger partial charge in [0.05, 0.1) is 6.20 Å². The van der Waals surface area contributed by atoms with E-state index in [1.807, 2.05) is 25.5 Å². The largest absolute Gasteiger partial charge is 0.370 e.